The second-order valence-electron chi connectivity index (χ2n) is 12.4. The molecule has 0 aliphatic heterocycles. The van der Waals surface area contributed by atoms with E-state index in [1.54, 1.807) is 0 Å². The molecule has 50 heavy (non-hydrogen) atoms. The molecule has 0 radical (unpaired) electrons. The SMILES string of the molecule is c1ccc(-c2nc(-c3ccccc3)nc(-c3cccc4c3oc3c(-c5cccc6c7ccccc7n(-c7ccccc7)c56)cccc34)n2)cc1. The molecule has 3 heterocycles. The number of aromatic nitrogens is 4. The molecule has 0 spiro atoms. The van der Waals surface area contributed by atoms with Crippen LogP contribution in [0.3, 0.4) is 0 Å². The van der Waals surface area contributed by atoms with Crippen molar-refractivity contribution in [1.82, 2.24) is 19.5 Å². The van der Waals surface area contributed by atoms with E-state index in [1.165, 1.54) is 16.3 Å². The van der Waals surface area contributed by atoms with Crippen LogP contribution in [0.1, 0.15) is 0 Å². The number of nitrogens with zero attached hydrogens (tertiary/aromatic N) is 4. The zero-order chi connectivity index (χ0) is 33.0. The predicted molar refractivity (Wildman–Crippen MR) is 203 cm³/mol. The van der Waals surface area contributed by atoms with E-state index in [1.807, 2.05) is 66.7 Å². The van der Waals surface area contributed by atoms with Crippen LogP contribution >= 0.6 is 0 Å². The Balaban J connectivity index is 1.23. The summed E-state index contributed by atoms with van der Waals surface area (Å²) in [6, 6.07) is 58.5. The van der Waals surface area contributed by atoms with Crippen LogP contribution in [0.15, 0.2) is 174 Å². The van der Waals surface area contributed by atoms with Crippen LogP contribution in [-0.4, -0.2) is 19.5 Å². The van der Waals surface area contributed by atoms with Gasteiger partial charge < -0.3 is 8.98 Å². The third-order valence-corrected chi connectivity index (χ3v) is 9.46. The Morgan fingerprint density at radius 2 is 0.840 bits per heavy atom. The Labute approximate surface area is 287 Å². The lowest BCUT2D eigenvalue weighted by atomic mass is 9.99. The second kappa shape index (κ2) is 11.4. The maximum absolute atomic E-state index is 6.97. The summed E-state index contributed by atoms with van der Waals surface area (Å²) in [4.78, 5) is 15.0. The van der Waals surface area contributed by atoms with Gasteiger partial charge in [0, 0.05) is 49.5 Å². The summed E-state index contributed by atoms with van der Waals surface area (Å²) in [5.74, 6) is 1.79. The van der Waals surface area contributed by atoms with Crippen LogP contribution in [0.5, 0.6) is 0 Å². The van der Waals surface area contributed by atoms with E-state index in [-0.39, 0.29) is 0 Å². The Morgan fingerprint density at radius 3 is 1.50 bits per heavy atom. The lowest BCUT2D eigenvalue weighted by molar-refractivity contribution is 0.670. The fourth-order valence-electron chi connectivity index (χ4n) is 7.22. The van der Waals surface area contributed by atoms with E-state index < -0.39 is 0 Å². The highest BCUT2D eigenvalue weighted by Gasteiger charge is 2.22. The van der Waals surface area contributed by atoms with E-state index in [0.717, 1.165) is 61.0 Å². The molecule has 0 aliphatic carbocycles. The van der Waals surface area contributed by atoms with E-state index in [2.05, 4.69) is 108 Å². The summed E-state index contributed by atoms with van der Waals surface area (Å²) in [6.07, 6.45) is 0. The predicted octanol–water partition coefficient (Wildman–Crippen LogP) is 11.5. The average Bonchev–Trinajstić information content (AvgIpc) is 3.75. The molecule has 3 aromatic heterocycles. The molecule has 5 nitrogen and oxygen atoms in total. The minimum atomic E-state index is 0.565. The van der Waals surface area contributed by atoms with E-state index in [0.29, 0.717) is 17.5 Å². The molecule has 0 saturated heterocycles. The van der Waals surface area contributed by atoms with E-state index >= 15 is 0 Å². The Kier molecular flexibility index (Phi) is 6.42. The van der Waals surface area contributed by atoms with Crippen LogP contribution in [0.4, 0.5) is 0 Å². The third kappa shape index (κ3) is 4.45. The van der Waals surface area contributed by atoms with Crippen molar-refractivity contribution in [1.29, 1.82) is 0 Å². The van der Waals surface area contributed by atoms with Crippen molar-refractivity contribution in [2.24, 2.45) is 0 Å². The summed E-state index contributed by atoms with van der Waals surface area (Å²) in [7, 11) is 0. The van der Waals surface area contributed by atoms with Gasteiger partial charge in [-0.3, -0.25) is 0 Å². The molecule has 0 saturated carbocycles. The average molecular weight is 641 g/mol. The number of rotatable bonds is 5. The third-order valence-electron chi connectivity index (χ3n) is 9.46. The maximum atomic E-state index is 6.97. The molecular weight excluding hydrogens is 613 g/mol. The fraction of sp³-hybridized carbons (Fsp3) is 0. The molecule has 0 aliphatic rings. The number of hydrogen-bond donors (Lipinski definition) is 0. The molecule has 0 atom stereocenters. The first-order valence-corrected chi connectivity index (χ1v) is 16.7. The number of hydrogen-bond acceptors (Lipinski definition) is 4. The van der Waals surface area contributed by atoms with Gasteiger partial charge in [-0.15, -0.1) is 0 Å². The topological polar surface area (TPSA) is 56.7 Å². The quantitative estimate of drug-likeness (QED) is 0.188. The van der Waals surface area contributed by atoms with Crippen molar-refractivity contribution in [2.45, 2.75) is 0 Å². The van der Waals surface area contributed by atoms with E-state index in [9.17, 15) is 0 Å². The van der Waals surface area contributed by atoms with E-state index in [4.69, 9.17) is 19.4 Å². The molecule has 10 rings (SSSR count). The van der Waals surface area contributed by atoms with Crippen LogP contribution < -0.4 is 0 Å². The smallest absolute Gasteiger partial charge is 0.167 e. The number of furan rings is 1. The molecule has 0 fully saturated rings. The standard InChI is InChI=1S/C45H28N4O/c1-4-15-29(16-5-1)43-46-44(30-17-6-2-7-18-30)48-45(47-43)38-27-14-26-37-36-25-13-24-35(41(36)50-42(37)38)34-23-12-22-33-32-21-10-11-28-39(32)49(40(33)34)31-19-8-3-9-20-31/h1-28H. The summed E-state index contributed by atoms with van der Waals surface area (Å²) < 4.78 is 9.34. The van der Waals surface area contributed by atoms with Crippen molar-refractivity contribution in [3.05, 3.63) is 170 Å². The van der Waals surface area contributed by atoms with Gasteiger partial charge in [0.15, 0.2) is 17.5 Å². The van der Waals surface area contributed by atoms with Crippen molar-refractivity contribution in [3.63, 3.8) is 0 Å². The lowest BCUT2D eigenvalue weighted by Gasteiger charge is -2.12. The van der Waals surface area contributed by atoms with Gasteiger partial charge in [-0.2, -0.15) is 0 Å². The van der Waals surface area contributed by atoms with Gasteiger partial charge in [0.05, 0.1) is 16.6 Å². The molecule has 7 aromatic carbocycles. The first-order chi connectivity index (χ1) is 24.8. The van der Waals surface area contributed by atoms with Gasteiger partial charge in [-0.1, -0.05) is 146 Å². The number of fused-ring (bicyclic) bond motifs is 6. The zero-order valence-electron chi connectivity index (χ0n) is 26.9. The minimum Gasteiger partial charge on any atom is -0.455 e. The van der Waals surface area contributed by atoms with Gasteiger partial charge >= 0.3 is 0 Å². The molecule has 10 aromatic rings. The van der Waals surface area contributed by atoms with Gasteiger partial charge in [0.1, 0.15) is 11.2 Å². The highest BCUT2D eigenvalue weighted by atomic mass is 16.3. The van der Waals surface area contributed by atoms with Crippen LogP contribution in [-0.2, 0) is 0 Å². The molecule has 0 unspecified atom stereocenters. The molecule has 5 heteroatoms. The minimum absolute atomic E-state index is 0.565. The summed E-state index contributed by atoms with van der Waals surface area (Å²) in [6.45, 7) is 0. The summed E-state index contributed by atoms with van der Waals surface area (Å²) >= 11 is 0. The van der Waals surface area contributed by atoms with Crippen molar-refractivity contribution in [2.75, 3.05) is 0 Å². The monoisotopic (exact) mass is 640 g/mol. The maximum Gasteiger partial charge on any atom is 0.167 e. The van der Waals surface area contributed by atoms with Crippen molar-refractivity contribution in [3.8, 4) is 51.0 Å². The Bertz CT molecular complexity index is 2800. The van der Waals surface area contributed by atoms with Gasteiger partial charge in [0.2, 0.25) is 0 Å². The number of para-hydroxylation sites is 5. The normalized spacial score (nSPS) is 11.6. The Hall–Kier alpha value is -6.85. The van der Waals surface area contributed by atoms with Crippen molar-refractivity contribution >= 4 is 43.7 Å². The van der Waals surface area contributed by atoms with Gasteiger partial charge in [-0.05, 0) is 24.3 Å². The van der Waals surface area contributed by atoms with Gasteiger partial charge in [-0.25, -0.2) is 15.0 Å². The van der Waals surface area contributed by atoms with Gasteiger partial charge in [0.25, 0.3) is 0 Å². The van der Waals surface area contributed by atoms with Crippen LogP contribution in [0.2, 0.25) is 0 Å². The largest absolute Gasteiger partial charge is 0.455 e. The van der Waals surface area contributed by atoms with Crippen LogP contribution in [0, 0.1) is 0 Å². The highest BCUT2D eigenvalue weighted by molar-refractivity contribution is 6.18. The fourth-order valence-corrected chi connectivity index (χ4v) is 7.22. The molecular formula is C45H28N4O. The first-order valence-electron chi connectivity index (χ1n) is 16.7. The Morgan fingerprint density at radius 1 is 0.360 bits per heavy atom. The number of benzene rings is 7. The molecule has 0 bridgehead atoms. The second-order valence-corrected chi connectivity index (χ2v) is 12.4. The lowest BCUT2D eigenvalue weighted by Crippen LogP contribution is -2.00. The highest BCUT2D eigenvalue weighted by Crippen LogP contribution is 2.43. The van der Waals surface area contributed by atoms with Crippen LogP contribution in [0.25, 0.3) is 94.7 Å². The zero-order valence-corrected chi connectivity index (χ0v) is 26.9. The molecule has 234 valence electrons. The molecule has 0 amide bonds. The molecule has 0 N–H and O–H groups in total. The summed E-state index contributed by atoms with van der Waals surface area (Å²) in [5, 5.41) is 4.46. The summed E-state index contributed by atoms with van der Waals surface area (Å²) in [5.41, 5.74) is 9.80. The first kappa shape index (κ1) is 28.2. The van der Waals surface area contributed by atoms with Crippen molar-refractivity contribution < 1.29 is 4.42 Å².